The molecule has 0 aromatic heterocycles. The smallest absolute Gasteiger partial charge is 0.262 e. The van der Waals surface area contributed by atoms with Crippen LogP contribution in [-0.2, 0) is 4.79 Å². The Morgan fingerprint density at radius 3 is 2.75 bits per heavy atom. The van der Waals surface area contributed by atoms with Crippen LogP contribution >= 0.6 is 15.9 Å². The van der Waals surface area contributed by atoms with Crippen LogP contribution in [0.2, 0.25) is 0 Å². The molecular weight excluding hydrogens is 318 g/mol. The molecule has 0 heterocycles. The number of ether oxygens (including phenoxy) is 1. The predicted octanol–water partition coefficient (Wildman–Crippen LogP) is 4.08. The van der Waals surface area contributed by atoms with Crippen LogP contribution in [0.15, 0.2) is 46.9 Å². The highest BCUT2D eigenvalue weighted by atomic mass is 79.9. The Hall–Kier alpha value is -1.81. The topological polar surface area (TPSA) is 38.3 Å². The zero-order chi connectivity index (χ0) is 14.5. The van der Waals surface area contributed by atoms with Crippen LogP contribution in [-0.4, -0.2) is 12.5 Å². The van der Waals surface area contributed by atoms with Crippen LogP contribution in [0.5, 0.6) is 5.75 Å². The highest BCUT2D eigenvalue weighted by molar-refractivity contribution is 9.10. The molecule has 4 heteroatoms. The van der Waals surface area contributed by atoms with Gasteiger partial charge in [-0.3, -0.25) is 4.79 Å². The number of rotatable bonds is 4. The predicted molar refractivity (Wildman–Crippen MR) is 84.2 cm³/mol. The fourth-order valence-electron chi connectivity index (χ4n) is 1.79. The first-order valence-electron chi connectivity index (χ1n) is 6.30. The molecule has 1 N–H and O–H groups in total. The molecule has 0 spiro atoms. The van der Waals surface area contributed by atoms with Crippen LogP contribution < -0.4 is 10.1 Å². The zero-order valence-corrected chi connectivity index (χ0v) is 13.0. The maximum Gasteiger partial charge on any atom is 0.262 e. The molecule has 20 heavy (non-hydrogen) atoms. The van der Waals surface area contributed by atoms with Crippen LogP contribution in [0, 0.1) is 13.8 Å². The summed E-state index contributed by atoms with van der Waals surface area (Å²) in [6.45, 7) is 3.92. The van der Waals surface area contributed by atoms with Crippen molar-refractivity contribution in [3.8, 4) is 5.75 Å². The van der Waals surface area contributed by atoms with Crippen LogP contribution in [0.25, 0.3) is 0 Å². The fourth-order valence-corrected chi connectivity index (χ4v) is 2.13. The lowest BCUT2D eigenvalue weighted by molar-refractivity contribution is -0.118. The molecule has 1 amide bonds. The molecule has 3 nitrogen and oxygen atoms in total. The largest absolute Gasteiger partial charge is 0.483 e. The second-order valence-electron chi connectivity index (χ2n) is 4.62. The van der Waals surface area contributed by atoms with Crippen molar-refractivity contribution in [2.24, 2.45) is 0 Å². The molecule has 0 fully saturated rings. The summed E-state index contributed by atoms with van der Waals surface area (Å²) in [6.07, 6.45) is 0. The van der Waals surface area contributed by atoms with Crippen molar-refractivity contribution < 1.29 is 9.53 Å². The van der Waals surface area contributed by atoms with Crippen LogP contribution in [0.3, 0.4) is 0 Å². The summed E-state index contributed by atoms with van der Waals surface area (Å²) in [7, 11) is 0. The highest BCUT2D eigenvalue weighted by Gasteiger charge is 2.06. The van der Waals surface area contributed by atoms with Crippen molar-refractivity contribution in [3.63, 3.8) is 0 Å². The van der Waals surface area contributed by atoms with Gasteiger partial charge >= 0.3 is 0 Å². The van der Waals surface area contributed by atoms with Crippen molar-refractivity contribution in [3.05, 3.63) is 58.1 Å². The van der Waals surface area contributed by atoms with Gasteiger partial charge in [-0.2, -0.15) is 0 Å². The summed E-state index contributed by atoms with van der Waals surface area (Å²) in [5.41, 5.74) is 2.88. The molecule has 0 aliphatic carbocycles. The van der Waals surface area contributed by atoms with E-state index in [2.05, 4.69) is 21.2 Å². The Morgan fingerprint density at radius 1 is 1.20 bits per heavy atom. The van der Waals surface area contributed by atoms with E-state index in [-0.39, 0.29) is 12.5 Å². The number of benzene rings is 2. The van der Waals surface area contributed by atoms with E-state index >= 15 is 0 Å². The Labute approximate surface area is 127 Å². The molecule has 0 radical (unpaired) electrons. The number of amides is 1. The molecule has 2 aromatic carbocycles. The maximum absolute atomic E-state index is 11.8. The van der Waals surface area contributed by atoms with Gasteiger partial charge in [0.1, 0.15) is 5.75 Å². The quantitative estimate of drug-likeness (QED) is 0.915. The summed E-state index contributed by atoms with van der Waals surface area (Å²) in [6, 6.07) is 13.4. The van der Waals surface area contributed by atoms with Gasteiger partial charge in [-0.1, -0.05) is 34.1 Å². The third-order valence-electron chi connectivity index (χ3n) is 2.81. The maximum atomic E-state index is 11.8. The SMILES string of the molecule is Cc1cccc(NC(=O)COc2cc(Br)ccc2C)c1. The molecule has 2 rings (SSSR count). The third-order valence-corrected chi connectivity index (χ3v) is 3.30. The van der Waals surface area contributed by atoms with E-state index in [0.29, 0.717) is 5.75 Å². The molecule has 0 aliphatic heterocycles. The number of anilines is 1. The van der Waals surface area contributed by atoms with E-state index in [9.17, 15) is 4.79 Å². The van der Waals surface area contributed by atoms with E-state index in [1.807, 2.05) is 56.3 Å². The van der Waals surface area contributed by atoms with Gasteiger partial charge in [0.25, 0.3) is 5.91 Å². The Kier molecular flexibility index (Phi) is 4.79. The Bertz CT molecular complexity index is 626. The summed E-state index contributed by atoms with van der Waals surface area (Å²) < 4.78 is 6.47. The molecular formula is C16H16BrNO2. The molecule has 0 atom stereocenters. The van der Waals surface area contributed by atoms with E-state index in [0.717, 1.165) is 21.3 Å². The average Bonchev–Trinajstić information content (AvgIpc) is 2.40. The van der Waals surface area contributed by atoms with Crippen molar-refractivity contribution in [1.29, 1.82) is 0 Å². The lowest BCUT2D eigenvalue weighted by atomic mass is 10.2. The minimum absolute atomic E-state index is 0.00870. The van der Waals surface area contributed by atoms with E-state index < -0.39 is 0 Å². The fraction of sp³-hybridized carbons (Fsp3) is 0.188. The molecule has 104 valence electrons. The summed E-state index contributed by atoms with van der Waals surface area (Å²) in [5.74, 6) is 0.536. The van der Waals surface area contributed by atoms with Crippen molar-refractivity contribution in [1.82, 2.24) is 0 Å². The number of nitrogens with one attached hydrogen (secondary N) is 1. The number of hydrogen-bond acceptors (Lipinski definition) is 2. The standard InChI is InChI=1S/C16H16BrNO2/c1-11-4-3-5-14(8-11)18-16(19)10-20-15-9-13(17)7-6-12(15)2/h3-9H,10H2,1-2H3,(H,18,19). The number of carbonyl (C=O) groups is 1. The van der Waals surface area contributed by atoms with Crippen LogP contribution in [0.1, 0.15) is 11.1 Å². The summed E-state index contributed by atoms with van der Waals surface area (Å²) in [5, 5.41) is 2.81. The van der Waals surface area contributed by atoms with Gasteiger partial charge in [0, 0.05) is 10.2 Å². The molecule has 0 saturated heterocycles. The van der Waals surface area contributed by atoms with Crippen molar-refractivity contribution in [2.75, 3.05) is 11.9 Å². The Balaban J connectivity index is 1.94. The molecule has 0 aliphatic rings. The third kappa shape index (κ3) is 4.10. The van der Waals surface area contributed by atoms with Gasteiger partial charge in [-0.25, -0.2) is 0 Å². The van der Waals surface area contributed by atoms with Crippen molar-refractivity contribution >= 4 is 27.5 Å². The monoisotopic (exact) mass is 333 g/mol. The van der Waals surface area contributed by atoms with Gasteiger partial charge < -0.3 is 10.1 Å². The first-order valence-corrected chi connectivity index (χ1v) is 7.09. The second kappa shape index (κ2) is 6.57. The normalized spacial score (nSPS) is 10.2. The highest BCUT2D eigenvalue weighted by Crippen LogP contribution is 2.22. The lowest BCUT2D eigenvalue weighted by Crippen LogP contribution is -2.20. The zero-order valence-electron chi connectivity index (χ0n) is 11.4. The van der Waals surface area contributed by atoms with Gasteiger partial charge in [-0.15, -0.1) is 0 Å². The minimum atomic E-state index is -0.171. The number of carbonyl (C=O) groups excluding carboxylic acids is 1. The lowest BCUT2D eigenvalue weighted by Gasteiger charge is -2.10. The molecule has 0 bridgehead atoms. The average molecular weight is 334 g/mol. The Morgan fingerprint density at radius 2 is 2.00 bits per heavy atom. The first-order chi connectivity index (χ1) is 9.54. The first kappa shape index (κ1) is 14.6. The minimum Gasteiger partial charge on any atom is -0.483 e. The summed E-state index contributed by atoms with van der Waals surface area (Å²) >= 11 is 3.38. The van der Waals surface area contributed by atoms with Gasteiger partial charge in [0.2, 0.25) is 0 Å². The molecule has 0 saturated carbocycles. The number of hydrogen-bond donors (Lipinski definition) is 1. The van der Waals surface area contributed by atoms with E-state index in [1.54, 1.807) is 0 Å². The molecule has 0 unspecified atom stereocenters. The summed E-state index contributed by atoms with van der Waals surface area (Å²) in [4.78, 5) is 11.8. The number of aryl methyl sites for hydroxylation is 2. The second-order valence-corrected chi connectivity index (χ2v) is 5.53. The van der Waals surface area contributed by atoms with Crippen LogP contribution in [0.4, 0.5) is 5.69 Å². The number of halogens is 1. The van der Waals surface area contributed by atoms with E-state index in [1.165, 1.54) is 0 Å². The van der Waals surface area contributed by atoms with Gasteiger partial charge in [0.15, 0.2) is 6.61 Å². The van der Waals surface area contributed by atoms with Gasteiger partial charge in [0.05, 0.1) is 0 Å². The molecule has 2 aromatic rings. The van der Waals surface area contributed by atoms with Crippen molar-refractivity contribution in [2.45, 2.75) is 13.8 Å². The van der Waals surface area contributed by atoms with Gasteiger partial charge in [-0.05, 0) is 49.2 Å². The van der Waals surface area contributed by atoms with E-state index in [4.69, 9.17) is 4.74 Å².